The molecule has 0 spiro atoms. The van der Waals surface area contributed by atoms with Crippen molar-refractivity contribution in [2.24, 2.45) is 17.6 Å². The lowest BCUT2D eigenvalue weighted by molar-refractivity contribution is 0.0131. The molecule has 1 aliphatic carbocycles. The SMILES string of the molecule is CC1CCC(CCCOCCOCCOCCCN)CC1. The molecule has 21 heavy (non-hydrogen) atoms. The minimum absolute atomic E-state index is 0.647. The van der Waals surface area contributed by atoms with Gasteiger partial charge in [0.2, 0.25) is 0 Å². The van der Waals surface area contributed by atoms with E-state index in [1.807, 2.05) is 0 Å². The van der Waals surface area contributed by atoms with Crippen LogP contribution in [0.25, 0.3) is 0 Å². The van der Waals surface area contributed by atoms with Gasteiger partial charge in [-0.05, 0) is 37.6 Å². The Balaban J connectivity index is 1.73. The quantitative estimate of drug-likeness (QED) is 0.531. The highest BCUT2D eigenvalue weighted by Gasteiger charge is 2.17. The van der Waals surface area contributed by atoms with Gasteiger partial charge in [0.1, 0.15) is 0 Å². The molecule has 2 N–H and O–H groups in total. The minimum atomic E-state index is 0.647. The third-order valence-corrected chi connectivity index (χ3v) is 4.27. The molecular weight excluding hydrogens is 266 g/mol. The summed E-state index contributed by atoms with van der Waals surface area (Å²) in [5, 5.41) is 0. The predicted octanol–water partition coefficient (Wildman–Crippen LogP) is 2.99. The molecular formula is C17H35NO3. The van der Waals surface area contributed by atoms with Crippen molar-refractivity contribution in [3.8, 4) is 0 Å². The van der Waals surface area contributed by atoms with Crippen LogP contribution >= 0.6 is 0 Å². The highest BCUT2D eigenvalue weighted by atomic mass is 16.5. The van der Waals surface area contributed by atoms with Crippen LogP contribution in [-0.4, -0.2) is 46.2 Å². The lowest BCUT2D eigenvalue weighted by atomic mass is 9.81. The molecule has 4 nitrogen and oxygen atoms in total. The van der Waals surface area contributed by atoms with Crippen molar-refractivity contribution in [1.29, 1.82) is 0 Å². The molecule has 1 fully saturated rings. The summed E-state index contributed by atoms with van der Waals surface area (Å²) in [6.07, 6.45) is 9.15. The van der Waals surface area contributed by atoms with Gasteiger partial charge in [-0.15, -0.1) is 0 Å². The molecule has 0 saturated heterocycles. The largest absolute Gasteiger partial charge is 0.379 e. The average molecular weight is 301 g/mol. The van der Waals surface area contributed by atoms with E-state index in [0.29, 0.717) is 33.0 Å². The normalized spacial score (nSPS) is 22.6. The van der Waals surface area contributed by atoms with Crippen molar-refractivity contribution in [3.05, 3.63) is 0 Å². The first-order valence-electron chi connectivity index (χ1n) is 8.76. The Hall–Kier alpha value is -0.160. The van der Waals surface area contributed by atoms with Crippen molar-refractivity contribution in [1.82, 2.24) is 0 Å². The zero-order valence-corrected chi connectivity index (χ0v) is 13.9. The van der Waals surface area contributed by atoms with Gasteiger partial charge in [-0.3, -0.25) is 0 Å². The second-order valence-electron chi connectivity index (χ2n) is 6.25. The van der Waals surface area contributed by atoms with Gasteiger partial charge in [-0.25, -0.2) is 0 Å². The van der Waals surface area contributed by atoms with E-state index in [-0.39, 0.29) is 0 Å². The summed E-state index contributed by atoms with van der Waals surface area (Å²) in [6.45, 7) is 7.34. The number of hydrogen-bond acceptors (Lipinski definition) is 4. The Bertz CT molecular complexity index is 218. The summed E-state index contributed by atoms with van der Waals surface area (Å²) in [5.41, 5.74) is 5.37. The average Bonchev–Trinajstić information content (AvgIpc) is 2.50. The molecule has 0 bridgehead atoms. The highest BCUT2D eigenvalue weighted by Crippen LogP contribution is 2.30. The smallest absolute Gasteiger partial charge is 0.0701 e. The number of nitrogens with two attached hydrogens (primary N) is 1. The fourth-order valence-corrected chi connectivity index (χ4v) is 2.82. The molecule has 0 heterocycles. The van der Waals surface area contributed by atoms with E-state index in [2.05, 4.69) is 6.92 Å². The van der Waals surface area contributed by atoms with Gasteiger partial charge in [0, 0.05) is 13.2 Å². The van der Waals surface area contributed by atoms with Crippen molar-refractivity contribution >= 4 is 0 Å². The van der Waals surface area contributed by atoms with Crippen LogP contribution < -0.4 is 5.73 Å². The molecule has 126 valence electrons. The molecule has 0 unspecified atom stereocenters. The summed E-state index contributed by atoms with van der Waals surface area (Å²) < 4.78 is 16.4. The van der Waals surface area contributed by atoms with Crippen LogP contribution in [0.2, 0.25) is 0 Å². The van der Waals surface area contributed by atoms with Crippen molar-refractivity contribution < 1.29 is 14.2 Å². The molecule has 0 radical (unpaired) electrons. The van der Waals surface area contributed by atoms with E-state index < -0.39 is 0 Å². The standard InChI is InChI=1S/C17H35NO3/c1-16-5-7-17(8-6-16)4-2-10-19-12-14-21-15-13-20-11-3-9-18/h16-17H,2-15,18H2,1H3. The fraction of sp³-hybridized carbons (Fsp3) is 1.00. The third-order valence-electron chi connectivity index (χ3n) is 4.27. The maximum atomic E-state index is 5.61. The van der Waals surface area contributed by atoms with Gasteiger partial charge in [0.15, 0.2) is 0 Å². The summed E-state index contributed by atoms with van der Waals surface area (Å²) in [6, 6.07) is 0. The number of rotatable bonds is 13. The van der Waals surface area contributed by atoms with Gasteiger partial charge in [-0.1, -0.05) is 32.6 Å². The first-order chi connectivity index (χ1) is 10.3. The number of ether oxygens (including phenoxy) is 3. The molecule has 0 amide bonds. The van der Waals surface area contributed by atoms with Crippen LogP contribution in [0.1, 0.15) is 51.9 Å². The molecule has 1 aliphatic rings. The van der Waals surface area contributed by atoms with E-state index in [1.54, 1.807) is 0 Å². The molecule has 4 heteroatoms. The first-order valence-corrected chi connectivity index (χ1v) is 8.76. The summed E-state index contributed by atoms with van der Waals surface area (Å²) in [5.74, 6) is 1.90. The Kier molecular flexibility index (Phi) is 12.1. The van der Waals surface area contributed by atoms with E-state index in [0.717, 1.165) is 31.5 Å². The second-order valence-corrected chi connectivity index (χ2v) is 6.25. The van der Waals surface area contributed by atoms with Crippen molar-refractivity contribution in [2.75, 3.05) is 46.2 Å². The monoisotopic (exact) mass is 301 g/mol. The molecule has 0 aromatic rings. The molecule has 0 aliphatic heterocycles. The Morgan fingerprint density at radius 2 is 1.29 bits per heavy atom. The van der Waals surface area contributed by atoms with Gasteiger partial charge >= 0.3 is 0 Å². The maximum absolute atomic E-state index is 5.61. The van der Waals surface area contributed by atoms with Crippen LogP contribution in [0, 0.1) is 11.8 Å². The van der Waals surface area contributed by atoms with E-state index in [4.69, 9.17) is 19.9 Å². The third kappa shape index (κ3) is 11.1. The molecule has 1 rings (SSSR count). The predicted molar refractivity (Wildman–Crippen MR) is 86.5 cm³/mol. The van der Waals surface area contributed by atoms with Gasteiger partial charge in [-0.2, -0.15) is 0 Å². The van der Waals surface area contributed by atoms with E-state index in [1.165, 1.54) is 38.5 Å². The minimum Gasteiger partial charge on any atom is -0.379 e. The second kappa shape index (κ2) is 13.5. The first kappa shape index (κ1) is 18.9. The number of hydrogen-bond donors (Lipinski definition) is 1. The van der Waals surface area contributed by atoms with Crippen LogP contribution in [0.3, 0.4) is 0 Å². The summed E-state index contributed by atoms with van der Waals surface area (Å²) in [7, 11) is 0. The zero-order chi connectivity index (χ0) is 15.2. The maximum Gasteiger partial charge on any atom is 0.0701 e. The van der Waals surface area contributed by atoms with Crippen LogP contribution in [-0.2, 0) is 14.2 Å². The van der Waals surface area contributed by atoms with E-state index >= 15 is 0 Å². The molecule has 0 aromatic heterocycles. The molecule has 0 atom stereocenters. The lowest BCUT2D eigenvalue weighted by Crippen LogP contribution is -2.14. The van der Waals surface area contributed by atoms with Crippen LogP contribution in [0.15, 0.2) is 0 Å². The van der Waals surface area contributed by atoms with Crippen LogP contribution in [0.5, 0.6) is 0 Å². The lowest BCUT2D eigenvalue weighted by Gasteiger charge is -2.25. The van der Waals surface area contributed by atoms with Crippen molar-refractivity contribution in [3.63, 3.8) is 0 Å². The van der Waals surface area contributed by atoms with Gasteiger partial charge in [0.05, 0.1) is 26.4 Å². The Morgan fingerprint density at radius 3 is 1.86 bits per heavy atom. The molecule has 1 saturated carbocycles. The summed E-state index contributed by atoms with van der Waals surface area (Å²) >= 11 is 0. The Labute approximate surface area is 130 Å². The topological polar surface area (TPSA) is 53.7 Å². The zero-order valence-electron chi connectivity index (χ0n) is 13.9. The van der Waals surface area contributed by atoms with Crippen molar-refractivity contribution in [2.45, 2.75) is 51.9 Å². The highest BCUT2D eigenvalue weighted by molar-refractivity contribution is 4.69. The molecule has 0 aromatic carbocycles. The summed E-state index contributed by atoms with van der Waals surface area (Å²) in [4.78, 5) is 0. The fourth-order valence-electron chi connectivity index (χ4n) is 2.82. The Morgan fingerprint density at radius 1 is 0.762 bits per heavy atom. The van der Waals surface area contributed by atoms with Gasteiger partial charge < -0.3 is 19.9 Å². The van der Waals surface area contributed by atoms with Gasteiger partial charge in [0.25, 0.3) is 0 Å². The van der Waals surface area contributed by atoms with E-state index in [9.17, 15) is 0 Å². The van der Waals surface area contributed by atoms with Crippen LogP contribution in [0.4, 0.5) is 0 Å².